The predicted octanol–water partition coefficient (Wildman–Crippen LogP) is 2.58. The van der Waals surface area contributed by atoms with Gasteiger partial charge in [0.05, 0.1) is 0 Å². The van der Waals surface area contributed by atoms with Gasteiger partial charge in [0.2, 0.25) is 0 Å². The first-order valence-corrected chi connectivity index (χ1v) is 5.40. The van der Waals surface area contributed by atoms with E-state index >= 15 is 0 Å². The van der Waals surface area contributed by atoms with Crippen LogP contribution < -0.4 is 4.90 Å². The highest BCUT2D eigenvalue weighted by molar-refractivity contribution is 6.00. The molecule has 1 aromatic carbocycles. The minimum atomic E-state index is -0.204. The summed E-state index contributed by atoms with van der Waals surface area (Å²) >= 11 is 0. The largest absolute Gasteiger partial charge is 0.329 e. The third kappa shape index (κ3) is 1.42. The van der Waals surface area contributed by atoms with E-state index < -0.39 is 0 Å². The number of anilines is 1. The number of hydrogen-bond donors (Lipinski definition) is 1. The number of fused-ring (bicyclic) bond motifs is 1. The fourth-order valence-corrected chi connectivity index (χ4v) is 2.18. The van der Waals surface area contributed by atoms with Crippen LogP contribution in [-0.2, 0) is 6.42 Å². The molecule has 0 radical (unpaired) electrons. The van der Waals surface area contributed by atoms with Crippen LogP contribution in [0, 0.1) is 17.1 Å². The zero-order valence-electron chi connectivity index (χ0n) is 8.46. The molecule has 1 aromatic rings. The molecule has 2 aliphatic rings. The molecule has 3 rings (SSSR count). The maximum Gasteiger partial charge on any atom is 0.125 e. The lowest BCUT2D eigenvalue weighted by molar-refractivity contribution is 0.628. The molecule has 0 amide bonds. The Balaban J connectivity index is 1.95. The first kappa shape index (κ1) is 8.89. The molecule has 0 aromatic heterocycles. The van der Waals surface area contributed by atoms with Crippen LogP contribution in [0.2, 0.25) is 0 Å². The van der Waals surface area contributed by atoms with E-state index in [9.17, 15) is 4.39 Å². The van der Waals surface area contributed by atoms with Gasteiger partial charge < -0.3 is 4.90 Å². The van der Waals surface area contributed by atoms with Gasteiger partial charge in [0.1, 0.15) is 11.7 Å². The van der Waals surface area contributed by atoms with Crippen LogP contribution in [0.3, 0.4) is 0 Å². The molecule has 1 saturated carbocycles. The Morgan fingerprint density at radius 2 is 2.20 bits per heavy atom. The molecule has 1 aliphatic carbocycles. The Morgan fingerprint density at radius 3 is 2.93 bits per heavy atom. The highest BCUT2D eigenvalue weighted by atomic mass is 19.1. The average molecular weight is 204 g/mol. The second kappa shape index (κ2) is 3.05. The first-order valence-electron chi connectivity index (χ1n) is 5.40. The third-order valence-corrected chi connectivity index (χ3v) is 3.20. The van der Waals surface area contributed by atoms with E-state index in [2.05, 4.69) is 0 Å². The number of nitrogens with one attached hydrogen (secondary N) is 1. The molecule has 0 unspecified atom stereocenters. The van der Waals surface area contributed by atoms with Gasteiger partial charge in [-0.2, -0.15) is 0 Å². The fourth-order valence-electron chi connectivity index (χ4n) is 2.18. The van der Waals surface area contributed by atoms with Crippen molar-refractivity contribution in [2.24, 2.45) is 5.92 Å². The van der Waals surface area contributed by atoms with E-state index in [1.165, 1.54) is 11.6 Å². The molecule has 3 heteroatoms. The van der Waals surface area contributed by atoms with E-state index in [-0.39, 0.29) is 5.82 Å². The maximum atomic E-state index is 13.1. The van der Waals surface area contributed by atoms with Crippen molar-refractivity contribution < 1.29 is 4.39 Å². The zero-order valence-corrected chi connectivity index (χ0v) is 8.46. The van der Waals surface area contributed by atoms with Crippen LogP contribution in [0.15, 0.2) is 18.2 Å². The predicted molar refractivity (Wildman–Crippen MR) is 57.9 cm³/mol. The third-order valence-electron chi connectivity index (χ3n) is 3.20. The summed E-state index contributed by atoms with van der Waals surface area (Å²) in [6, 6.07) is 4.90. The van der Waals surface area contributed by atoms with Gasteiger partial charge >= 0.3 is 0 Å². The van der Waals surface area contributed by atoms with Crippen molar-refractivity contribution in [3.63, 3.8) is 0 Å². The van der Waals surface area contributed by atoms with Gasteiger partial charge in [-0.25, -0.2) is 4.39 Å². The summed E-state index contributed by atoms with van der Waals surface area (Å²) in [6.07, 6.45) is 3.19. The van der Waals surface area contributed by atoms with Crippen LogP contribution in [0.25, 0.3) is 0 Å². The summed E-state index contributed by atoms with van der Waals surface area (Å²) in [4.78, 5) is 1.97. The number of nitrogens with zero attached hydrogens (tertiary/aromatic N) is 1. The lowest BCUT2D eigenvalue weighted by atomic mass is 10.1. The van der Waals surface area contributed by atoms with Gasteiger partial charge in [0.25, 0.3) is 0 Å². The quantitative estimate of drug-likeness (QED) is 0.552. The highest BCUT2D eigenvalue weighted by Crippen LogP contribution is 2.36. The average Bonchev–Trinajstić information content (AvgIpc) is 2.98. The van der Waals surface area contributed by atoms with Crippen molar-refractivity contribution in [3.05, 3.63) is 29.6 Å². The van der Waals surface area contributed by atoms with Crippen molar-refractivity contribution in [1.29, 1.82) is 5.41 Å². The van der Waals surface area contributed by atoms with Crippen LogP contribution in [0.5, 0.6) is 0 Å². The fraction of sp³-hybridized carbons (Fsp3) is 0.417. The molecular weight excluding hydrogens is 191 g/mol. The summed E-state index contributed by atoms with van der Waals surface area (Å²) in [5.74, 6) is 0.905. The van der Waals surface area contributed by atoms with Gasteiger partial charge in [-0.05, 0) is 37.0 Å². The number of amidine groups is 1. The van der Waals surface area contributed by atoms with Gasteiger partial charge in [-0.15, -0.1) is 0 Å². The van der Waals surface area contributed by atoms with Crippen molar-refractivity contribution in [2.75, 3.05) is 11.4 Å². The summed E-state index contributed by atoms with van der Waals surface area (Å²) in [7, 11) is 0. The molecular formula is C12H13FN2. The second-order valence-electron chi connectivity index (χ2n) is 4.33. The monoisotopic (exact) mass is 204 g/mol. The van der Waals surface area contributed by atoms with Crippen LogP contribution in [0.4, 0.5) is 10.1 Å². The Morgan fingerprint density at radius 1 is 1.40 bits per heavy atom. The normalized spacial score (nSPS) is 19.1. The molecule has 2 nitrogen and oxygen atoms in total. The molecule has 15 heavy (non-hydrogen) atoms. The van der Waals surface area contributed by atoms with Crippen molar-refractivity contribution in [3.8, 4) is 0 Å². The minimum absolute atomic E-state index is 0.204. The molecule has 0 spiro atoms. The van der Waals surface area contributed by atoms with E-state index in [1.807, 2.05) is 11.0 Å². The topological polar surface area (TPSA) is 27.1 Å². The minimum Gasteiger partial charge on any atom is -0.329 e. The zero-order chi connectivity index (χ0) is 10.4. The molecule has 1 N–H and O–H groups in total. The van der Waals surface area contributed by atoms with Gasteiger partial charge in [-0.1, -0.05) is 6.07 Å². The van der Waals surface area contributed by atoms with Crippen molar-refractivity contribution >= 4 is 11.5 Å². The van der Waals surface area contributed by atoms with E-state index in [0.717, 1.165) is 31.5 Å². The van der Waals surface area contributed by atoms with Crippen LogP contribution in [-0.4, -0.2) is 12.4 Å². The number of hydrogen-bond acceptors (Lipinski definition) is 1. The summed E-state index contributed by atoms with van der Waals surface area (Å²) in [5.41, 5.74) is 2.08. The molecule has 1 aliphatic heterocycles. The van der Waals surface area contributed by atoms with E-state index in [0.29, 0.717) is 11.8 Å². The molecule has 1 fully saturated rings. The van der Waals surface area contributed by atoms with Gasteiger partial charge in [-0.3, -0.25) is 5.41 Å². The Labute approximate surface area is 88.2 Å². The lowest BCUT2D eigenvalue weighted by Gasteiger charge is -2.19. The summed E-state index contributed by atoms with van der Waals surface area (Å²) in [6.45, 7) is 0.841. The molecule has 78 valence electrons. The summed E-state index contributed by atoms with van der Waals surface area (Å²) in [5, 5.41) is 8.01. The van der Waals surface area contributed by atoms with Crippen molar-refractivity contribution in [1.82, 2.24) is 0 Å². The van der Waals surface area contributed by atoms with Crippen LogP contribution >= 0.6 is 0 Å². The Kier molecular flexibility index (Phi) is 1.81. The molecule has 0 atom stereocenters. The Bertz CT molecular complexity index is 424. The van der Waals surface area contributed by atoms with E-state index in [4.69, 9.17) is 5.41 Å². The van der Waals surface area contributed by atoms with Gasteiger partial charge in [0, 0.05) is 18.2 Å². The smallest absolute Gasteiger partial charge is 0.125 e. The molecule has 0 saturated heterocycles. The van der Waals surface area contributed by atoms with Crippen LogP contribution in [0.1, 0.15) is 18.4 Å². The van der Waals surface area contributed by atoms with Gasteiger partial charge in [0.15, 0.2) is 0 Å². The SMILES string of the molecule is N=C(C1CC1)N1CCc2ccc(F)cc21. The lowest BCUT2D eigenvalue weighted by Crippen LogP contribution is -2.29. The standard InChI is InChI=1S/C12H13FN2/c13-10-4-3-8-5-6-15(11(8)7-10)12(14)9-1-2-9/h3-4,7,9,14H,1-2,5-6H2. The number of halogens is 1. The molecule has 1 heterocycles. The number of rotatable bonds is 1. The van der Waals surface area contributed by atoms with E-state index in [1.54, 1.807) is 6.07 Å². The second-order valence-corrected chi connectivity index (χ2v) is 4.33. The highest BCUT2D eigenvalue weighted by Gasteiger charge is 2.33. The maximum absolute atomic E-state index is 13.1. The van der Waals surface area contributed by atoms with Crippen molar-refractivity contribution in [2.45, 2.75) is 19.3 Å². The number of benzene rings is 1. The first-order chi connectivity index (χ1) is 7.25. The summed E-state index contributed by atoms with van der Waals surface area (Å²) < 4.78 is 13.1. The Hall–Kier alpha value is -1.38. The molecule has 0 bridgehead atoms.